The summed E-state index contributed by atoms with van der Waals surface area (Å²) in [5, 5.41) is 8.65. The number of hydrogen-bond donors (Lipinski definition) is 3. The summed E-state index contributed by atoms with van der Waals surface area (Å²) in [4.78, 5) is 25.3. The number of amides is 1. The number of thiocarbonyl (C=S) groups is 1. The van der Waals surface area contributed by atoms with Gasteiger partial charge in [0.15, 0.2) is 0 Å². The second kappa shape index (κ2) is 11.6. The maximum Gasteiger partial charge on any atom is 0.414 e. The van der Waals surface area contributed by atoms with Crippen molar-refractivity contribution in [2.24, 2.45) is 0 Å². The van der Waals surface area contributed by atoms with E-state index in [0.29, 0.717) is 11.4 Å². The van der Waals surface area contributed by atoms with Crippen molar-refractivity contribution in [3.63, 3.8) is 0 Å². The number of anilines is 4. The van der Waals surface area contributed by atoms with Crippen molar-refractivity contribution in [3.8, 4) is 0 Å². The molecule has 0 radical (unpaired) electrons. The number of nitrogens with zero attached hydrogens (tertiary/aromatic N) is 1. The van der Waals surface area contributed by atoms with Crippen LogP contribution < -0.4 is 26.3 Å². The first-order valence-electron chi connectivity index (χ1n) is 11.8. The standard InChI is InChI=1S/C25H27F3N4O3S/c26-19-12-17(32-14-18(35-25(32)34)13-29-24(36)23(27)28)8-10-20(19)30-16-6-9-21(22(33)11-7-16)31-15-4-2-1-3-5-15/h6-12,15,18,23,30H,1-5,13-14H2,(H,29,36)(H,31,33)/t18-/m0/s1. The molecule has 0 bridgehead atoms. The maximum absolute atomic E-state index is 14.9. The molecule has 1 aliphatic heterocycles. The highest BCUT2D eigenvalue weighted by molar-refractivity contribution is 7.80. The lowest BCUT2D eigenvalue weighted by atomic mass is 9.95. The molecule has 1 heterocycles. The number of alkyl halides is 2. The molecular formula is C25H27F3N4O3S. The molecule has 2 fully saturated rings. The molecular weight excluding hydrogens is 493 g/mol. The van der Waals surface area contributed by atoms with E-state index < -0.39 is 29.4 Å². The second-order valence-electron chi connectivity index (χ2n) is 8.83. The fraction of sp³-hybridized carbons (Fsp3) is 0.400. The summed E-state index contributed by atoms with van der Waals surface area (Å²) in [5.41, 5.74) is 1.32. The third kappa shape index (κ3) is 6.45. The summed E-state index contributed by atoms with van der Waals surface area (Å²) in [6.45, 7) is -0.0146. The Morgan fingerprint density at radius 1 is 1.06 bits per heavy atom. The molecule has 0 unspecified atom stereocenters. The average molecular weight is 521 g/mol. The van der Waals surface area contributed by atoms with Gasteiger partial charge in [0.2, 0.25) is 5.43 Å². The molecule has 2 aromatic carbocycles. The molecule has 1 amide bonds. The number of halogens is 3. The largest absolute Gasteiger partial charge is 0.442 e. The second-order valence-corrected chi connectivity index (χ2v) is 9.27. The van der Waals surface area contributed by atoms with Crippen LogP contribution in [0.1, 0.15) is 32.1 Å². The SMILES string of the molecule is O=C1O[C@@H](CNC(=S)C(F)F)CN1c1ccc(Nc2ccc(NC3CCCCC3)c(=O)cc2)c(F)c1. The highest BCUT2D eigenvalue weighted by Gasteiger charge is 2.33. The van der Waals surface area contributed by atoms with Gasteiger partial charge in [0.25, 0.3) is 6.43 Å². The fourth-order valence-electron chi connectivity index (χ4n) is 4.29. The van der Waals surface area contributed by atoms with Gasteiger partial charge >= 0.3 is 6.09 Å². The zero-order chi connectivity index (χ0) is 25.7. The number of cyclic esters (lactones) is 1. The molecule has 1 aliphatic carbocycles. The van der Waals surface area contributed by atoms with E-state index in [1.807, 2.05) is 0 Å². The first-order chi connectivity index (χ1) is 17.3. The Balaban J connectivity index is 1.40. The van der Waals surface area contributed by atoms with Crippen molar-refractivity contribution >= 4 is 46.0 Å². The molecule has 7 nitrogen and oxygen atoms in total. The van der Waals surface area contributed by atoms with Crippen LogP contribution in [0.15, 0.2) is 47.3 Å². The Morgan fingerprint density at radius 2 is 1.78 bits per heavy atom. The van der Waals surface area contributed by atoms with Gasteiger partial charge in [0, 0.05) is 11.7 Å². The van der Waals surface area contributed by atoms with E-state index in [9.17, 15) is 22.8 Å². The molecule has 0 aromatic heterocycles. The Hall–Kier alpha value is -3.34. The lowest BCUT2D eigenvalue weighted by Gasteiger charge is -2.23. The minimum atomic E-state index is -2.80. The van der Waals surface area contributed by atoms with Gasteiger partial charge in [-0.1, -0.05) is 31.5 Å². The van der Waals surface area contributed by atoms with Crippen LogP contribution >= 0.6 is 12.2 Å². The Kier molecular flexibility index (Phi) is 8.29. The molecule has 11 heteroatoms. The van der Waals surface area contributed by atoms with Crippen LogP contribution in [0.25, 0.3) is 0 Å². The van der Waals surface area contributed by atoms with Crippen LogP contribution in [0.2, 0.25) is 0 Å². The van der Waals surface area contributed by atoms with Gasteiger partial charge in [-0.2, -0.15) is 0 Å². The van der Waals surface area contributed by atoms with E-state index >= 15 is 0 Å². The highest BCUT2D eigenvalue weighted by atomic mass is 32.1. The molecule has 1 atom stereocenters. The molecule has 1 saturated carbocycles. The Morgan fingerprint density at radius 3 is 2.50 bits per heavy atom. The predicted octanol–water partition coefficient (Wildman–Crippen LogP) is 5.18. The van der Waals surface area contributed by atoms with Crippen molar-refractivity contribution < 1.29 is 22.7 Å². The number of rotatable bonds is 8. The Labute approximate surface area is 212 Å². The van der Waals surface area contributed by atoms with E-state index in [4.69, 9.17) is 4.74 Å². The zero-order valence-corrected chi connectivity index (χ0v) is 20.3. The topological polar surface area (TPSA) is 82.7 Å². The summed E-state index contributed by atoms with van der Waals surface area (Å²) < 4.78 is 45.1. The third-order valence-corrected chi connectivity index (χ3v) is 6.52. The smallest absolute Gasteiger partial charge is 0.414 e. The van der Waals surface area contributed by atoms with Gasteiger partial charge in [0.05, 0.1) is 30.2 Å². The van der Waals surface area contributed by atoms with Crippen molar-refractivity contribution in [2.45, 2.75) is 50.7 Å². The van der Waals surface area contributed by atoms with Crippen molar-refractivity contribution in [1.82, 2.24) is 5.32 Å². The molecule has 1 saturated heterocycles. The van der Waals surface area contributed by atoms with Crippen LogP contribution in [0, 0.1) is 5.82 Å². The monoisotopic (exact) mass is 520 g/mol. The summed E-state index contributed by atoms with van der Waals surface area (Å²) in [6.07, 6.45) is 1.36. The molecule has 2 aromatic rings. The summed E-state index contributed by atoms with van der Waals surface area (Å²) in [5.74, 6) is -0.616. The average Bonchev–Trinajstić information content (AvgIpc) is 3.15. The number of nitrogens with one attached hydrogen (secondary N) is 3. The Bertz CT molecular complexity index is 1180. The van der Waals surface area contributed by atoms with Gasteiger partial charge in [-0.3, -0.25) is 9.69 Å². The van der Waals surface area contributed by atoms with E-state index in [2.05, 4.69) is 28.2 Å². The zero-order valence-electron chi connectivity index (χ0n) is 19.4. The first kappa shape index (κ1) is 25.7. The van der Waals surface area contributed by atoms with Gasteiger partial charge in [-0.25, -0.2) is 18.0 Å². The molecule has 0 spiro atoms. The molecule has 36 heavy (non-hydrogen) atoms. The van der Waals surface area contributed by atoms with Crippen LogP contribution in [0.4, 0.5) is 40.7 Å². The van der Waals surface area contributed by atoms with E-state index in [1.54, 1.807) is 24.3 Å². The minimum absolute atomic E-state index is 0.0570. The van der Waals surface area contributed by atoms with Crippen LogP contribution in [-0.2, 0) is 4.74 Å². The lowest BCUT2D eigenvalue weighted by molar-refractivity contribution is 0.142. The van der Waals surface area contributed by atoms with Gasteiger partial charge in [-0.15, -0.1) is 0 Å². The molecule has 4 rings (SSSR count). The van der Waals surface area contributed by atoms with Crippen molar-refractivity contribution in [1.29, 1.82) is 0 Å². The maximum atomic E-state index is 14.9. The third-order valence-electron chi connectivity index (χ3n) is 6.19. The normalized spacial score (nSPS) is 18.2. The fourth-order valence-corrected chi connectivity index (χ4v) is 4.38. The van der Waals surface area contributed by atoms with Gasteiger partial charge in [-0.05, 0) is 55.3 Å². The number of benzene rings is 1. The molecule has 3 N–H and O–H groups in total. The quantitative estimate of drug-likeness (QED) is 0.414. The summed E-state index contributed by atoms with van der Waals surface area (Å²) >= 11 is 4.51. The highest BCUT2D eigenvalue weighted by Crippen LogP contribution is 2.28. The molecule has 192 valence electrons. The van der Waals surface area contributed by atoms with Crippen molar-refractivity contribution in [3.05, 3.63) is 58.5 Å². The van der Waals surface area contributed by atoms with Crippen LogP contribution in [0.3, 0.4) is 0 Å². The van der Waals surface area contributed by atoms with Crippen LogP contribution in [-0.4, -0.2) is 42.7 Å². The number of carbonyl (C=O) groups excluding carboxylic acids is 1. The minimum Gasteiger partial charge on any atom is -0.442 e. The summed E-state index contributed by atoms with van der Waals surface area (Å²) in [7, 11) is 0. The summed E-state index contributed by atoms with van der Waals surface area (Å²) in [6, 6.07) is 10.9. The number of ether oxygens (including phenoxy) is 1. The van der Waals surface area contributed by atoms with E-state index in [1.165, 1.54) is 29.5 Å². The predicted molar refractivity (Wildman–Crippen MR) is 137 cm³/mol. The van der Waals surface area contributed by atoms with E-state index in [-0.39, 0.29) is 35.9 Å². The van der Waals surface area contributed by atoms with Crippen molar-refractivity contribution in [2.75, 3.05) is 28.6 Å². The van der Waals surface area contributed by atoms with Crippen LogP contribution in [0.5, 0.6) is 0 Å². The number of hydrogen-bond acceptors (Lipinski definition) is 6. The first-order valence-corrected chi connectivity index (χ1v) is 12.2. The van der Waals surface area contributed by atoms with E-state index in [0.717, 1.165) is 25.7 Å². The van der Waals surface area contributed by atoms with Gasteiger partial charge in [0.1, 0.15) is 16.9 Å². The lowest BCUT2D eigenvalue weighted by Crippen LogP contribution is -2.36. The van der Waals surface area contributed by atoms with Gasteiger partial charge < -0.3 is 20.7 Å². The molecule has 2 aliphatic rings. The number of carbonyl (C=O) groups is 1.